The fourth-order valence-corrected chi connectivity index (χ4v) is 6.61. The molecule has 4 aliphatic rings. The van der Waals surface area contributed by atoms with Crippen molar-refractivity contribution in [1.29, 1.82) is 0 Å². The molecule has 3 aromatic rings. The molecular weight excluding hydrogens is 587 g/mol. The van der Waals surface area contributed by atoms with Crippen LogP contribution in [0.3, 0.4) is 0 Å². The van der Waals surface area contributed by atoms with Crippen LogP contribution in [0.5, 0.6) is 0 Å². The lowest BCUT2D eigenvalue weighted by molar-refractivity contribution is -0.136. The number of hydrogen-bond acceptors (Lipinski definition) is 7. The molecule has 216 valence electrons. The molecule has 1 saturated carbocycles. The van der Waals surface area contributed by atoms with Gasteiger partial charge in [-0.2, -0.15) is 10.2 Å². The summed E-state index contributed by atoms with van der Waals surface area (Å²) in [5.41, 5.74) is 4.33. The van der Waals surface area contributed by atoms with Gasteiger partial charge in [0.1, 0.15) is 6.54 Å². The van der Waals surface area contributed by atoms with Gasteiger partial charge in [-0.15, -0.1) is 0 Å². The van der Waals surface area contributed by atoms with Crippen molar-refractivity contribution < 1.29 is 14.4 Å². The summed E-state index contributed by atoms with van der Waals surface area (Å²) in [6, 6.07) is 21.5. The lowest BCUT2D eigenvalue weighted by Gasteiger charge is -2.30. The van der Waals surface area contributed by atoms with Gasteiger partial charge in [0.25, 0.3) is 17.7 Å². The fraction of sp³-hybridized carbons (Fsp3) is 0.250. The molecule has 1 aliphatic carbocycles. The minimum Gasteiger partial charge on any atom is -0.271 e. The van der Waals surface area contributed by atoms with Gasteiger partial charge in [-0.25, -0.2) is 9.91 Å². The van der Waals surface area contributed by atoms with E-state index in [9.17, 15) is 14.4 Å². The normalized spacial score (nSPS) is 25.4. The van der Waals surface area contributed by atoms with Crippen LogP contribution in [0.25, 0.3) is 6.08 Å². The van der Waals surface area contributed by atoms with Gasteiger partial charge >= 0.3 is 0 Å². The molecule has 0 radical (unpaired) electrons. The fourth-order valence-electron chi connectivity index (χ4n) is 6.36. The van der Waals surface area contributed by atoms with Crippen LogP contribution >= 0.6 is 23.2 Å². The molecule has 11 heteroatoms. The van der Waals surface area contributed by atoms with Gasteiger partial charge in [-0.1, -0.05) is 70.9 Å². The Morgan fingerprint density at radius 2 is 1.58 bits per heavy atom. The number of nitrogens with zero attached hydrogens (tertiary/aromatic N) is 6. The quantitative estimate of drug-likeness (QED) is 0.325. The third-order valence-corrected chi connectivity index (χ3v) is 8.85. The monoisotopic (exact) mass is 612 g/mol. The number of fused-ring (bicyclic) bond motifs is 2. The van der Waals surface area contributed by atoms with E-state index in [1.165, 1.54) is 10.0 Å². The van der Waals surface area contributed by atoms with Crippen LogP contribution < -0.4 is 4.90 Å². The van der Waals surface area contributed by atoms with Crippen molar-refractivity contribution in [2.24, 2.45) is 21.4 Å². The second-order valence-electron chi connectivity index (χ2n) is 11.0. The number of carbonyl (C=O) groups is 3. The minimum atomic E-state index is -0.992. The zero-order valence-corrected chi connectivity index (χ0v) is 24.4. The summed E-state index contributed by atoms with van der Waals surface area (Å²) in [5, 5.41) is 17.2. The number of anilines is 1. The van der Waals surface area contributed by atoms with Crippen LogP contribution in [-0.4, -0.2) is 52.1 Å². The van der Waals surface area contributed by atoms with Gasteiger partial charge in [0, 0.05) is 16.0 Å². The first kappa shape index (κ1) is 27.5. The predicted molar refractivity (Wildman–Crippen MR) is 163 cm³/mol. The molecule has 9 nitrogen and oxygen atoms in total. The number of imide groups is 1. The average Bonchev–Trinajstić information content (AvgIpc) is 3.68. The molecule has 0 bridgehead atoms. The molecule has 7 rings (SSSR count). The first-order chi connectivity index (χ1) is 20.9. The Bertz CT molecular complexity index is 1690. The maximum absolute atomic E-state index is 14.0. The first-order valence-electron chi connectivity index (χ1n) is 14.1. The van der Waals surface area contributed by atoms with Crippen LogP contribution in [0.15, 0.2) is 99.9 Å². The number of amides is 3. The van der Waals surface area contributed by atoms with Gasteiger partial charge in [0.05, 0.1) is 17.4 Å². The summed E-state index contributed by atoms with van der Waals surface area (Å²) < 4.78 is 0. The van der Waals surface area contributed by atoms with Crippen molar-refractivity contribution >= 4 is 58.4 Å². The summed E-state index contributed by atoms with van der Waals surface area (Å²) in [6.45, 7) is -0.254. The molecule has 3 aromatic carbocycles. The average molecular weight is 614 g/mol. The van der Waals surface area contributed by atoms with Gasteiger partial charge in [-0.05, 0) is 78.4 Å². The van der Waals surface area contributed by atoms with E-state index in [2.05, 4.69) is 16.4 Å². The molecule has 0 unspecified atom stereocenters. The Labute approximate surface area is 258 Å². The lowest BCUT2D eigenvalue weighted by atomic mass is 9.77. The molecule has 2 fully saturated rings. The minimum absolute atomic E-state index is 0.0198. The summed E-state index contributed by atoms with van der Waals surface area (Å²) in [5.74, 6) is -1.27. The van der Waals surface area contributed by atoms with Crippen molar-refractivity contribution in [2.45, 2.75) is 37.4 Å². The number of rotatable bonds is 5. The van der Waals surface area contributed by atoms with Crippen LogP contribution in [0, 0.1) is 5.92 Å². The SMILES string of the molecule is O=C1[C@@H]2[C@@H](N=NN2CC(=O)N2N=C3/C(=C/c4ccc(Cl)cc4)CCC[C@H]3[C@H]2c2ccc(Cl)cc2)C(=O)N1c1ccccc1. The molecule has 3 heterocycles. The zero-order chi connectivity index (χ0) is 29.7. The standard InChI is InChI=1S/C32H26Cl2N6O3/c33-22-13-9-19(10-14-22)17-21-5-4-8-25-27(21)36-40(29(25)20-11-15-23(34)16-12-20)26(41)18-38-30-28(35-37-38)31(42)39(32(30)43)24-6-2-1-3-7-24/h1-3,6-7,9-17,25,28-30H,4-5,8,18H2/b21-17+/t25-,28-,29-,30+/m1/s1. The topological polar surface area (TPSA) is 98.0 Å². The van der Waals surface area contributed by atoms with E-state index in [1.807, 2.05) is 54.6 Å². The molecule has 0 N–H and O–H groups in total. The van der Waals surface area contributed by atoms with Crippen LogP contribution in [-0.2, 0) is 14.4 Å². The van der Waals surface area contributed by atoms with E-state index in [1.54, 1.807) is 24.3 Å². The maximum Gasteiger partial charge on any atom is 0.264 e. The number of hydrazone groups is 1. The molecule has 3 amide bonds. The summed E-state index contributed by atoms with van der Waals surface area (Å²) >= 11 is 12.3. The Hall–Kier alpha value is -4.34. The number of allylic oxidation sites excluding steroid dienone is 1. The lowest BCUT2D eigenvalue weighted by Crippen LogP contribution is -2.45. The van der Waals surface area contributed by atoms with Crippen LogP contribution in [0.4, 0.5) is 5.69 Å². The smallest absolute Gasteiger partial charge is 0.264 e. The summed E-state index contributed by atoms with van der Waals surface area (Å²) in [4.78, 5) is 41.7. The Kier molecular flexibility index (Phi) is 7.07. The van der Waals surface area contributed by atoms with Crippen molar-refractivity contribution in [3.63, 3.8) is 0 Å². The molecule has 3 aliphatic heterocycles. The number of carbonyl (C=O) groups excluding carboxylic acids is 3. The highest BCUT2D eigenvalue weighted by Gasteiger charge is 2.55. The molecule has 1 saturated heterocycles. The number of halogens is 2. The van der Waals surface area contributed by atoms with E-state index < -0.39 is 23.9 Å². The molecule has 0 aromatic heterocycles. The van der Waals surface area contributed by atoms with E-state index in [4.69, 9.17) is 28.3 Å². The number of para-hydroxylation sites is 1. The second-order valence-corrected chi connectivity index (χ2v) is 11.9. The third-order valence-electron chi connectivity index (χ3n) is 8.35. The van der Waals surface area contributed by atoms with Crippen molar-refractivity contribution in [3.05, 3.63) is 106 Å². The highest BCUT2D eigenvalue weighted by atomic mass is 35.5. The number of benzene rings is 3. The molecular formula is C32H26Cl2N6O3. The van der Waals surface area contributed by atoms with Gasteiger partial charge in [0.15, 0.2) is 12.1 Å². The Balaban J connectivity index is 1.19. The summed E-state index contributed by atoms with van der Waals surface area (Å²) in [7, 11) is 0. The van der Waals surface area contributed by atoms with Gasteiger partial charge in [-0.3, -0.25) is 19.4 Å². The third kappa shape index (κ3) is 4.92. The number of hydrogen-bond donors (Lipinski definition) is 0. The largest absolute Gasteiger partial charge is 0.271 e. The van der Waals surface area contributed by atoms with E-state index in [-0.39, 0.29) is 24.4 Å². The first-order valence-corrected chi connectivity index (χ1v) is 14.9. The van der Waals surface area contributed by atoms with Gasteiger partial charge < -0.3 is 0 Å². The van der Waals surface area contributed by atoms with Crippen LogP contribution in [0.1, 0.15) is 36.4 Å². The van der Waals surface area contributed by atoms with Crippen LogP contribution in [0.2, 0.25) is 10.0 Å². The zero-order valence-electron chi connectivity index (χ0n) is 22.9. The van der Waals surface area contributed by atoms with E-state index in [0.29, 0.717) is 15.7 Å². The highest BCUT2D eigenvalue weighted by Crippen LogP contribution is 2.45. The van der Waals surface area contributed by atoms with Crippen molar-refractivity contribution in [1.82, 2.24) is 10.0 Å². The van der Waals surface area contributed by atoms with Gasteiger partial charge in [0.2, 0.25) is 0 Å². The molecule has 4 atom stereocenters. The maximum atomic E-state index is 14.0. The summed E-state index contributed by atoms with van der Waals surface area (Å²) in [6.07, 6.45) is 4.75. The second kappa shape index (κ2) is 11.1. The Morgan fingerprint density at radius 1 is 0.884 bits per heavy atom. The predicted octanol–water partition coefficient (Wildman–Crippen LogP) is 6.11. The van der Waals surface area contributed by atoms with Crippen molar-refractivity contribution in [3.8, 4) is 0 Å². The highest BCUT2D eigenvalue weighted by molar-refractivity contribution is 6.31. The van der Waals surface area contributed by atoms with E-state index in [0.717, 1.165) is 46.6 Å². The molecule has 0 spiro atoms. The van der Waals surface area contributed by atoms with Crippen molar-refractivity contribution in [2.75, 3.05) is 11.4 Å². The van der Waals surface area contributed by atoms with E-state index >= 15 is 0 Å². The Morgan fingerprint density at radius 3 is 2.30 bits per heavy atom. The molecule has 43 heavy (non-hydrogen) atoms.